The first kappa shape index (κ1) is 15.7. The van der Waals surface area contributed by atoms with Gasteiger partial charge in [-0.1, -0.05) is 35.5 Å². The van der Waals surface area contributed by atoms with E-state index >= 15 is 0 Å². The summed E-state index contributed by atoms with van der Waals surface area (Å²) < 4.78 is 10.9. The molecule has 1 heterocycles. The van der Waals surface area contributed by atoms with Crippen molar-refractivity contribution in [3.8, 4) is 11.5 Å². The van der Waals surface area contributed by atoms with Gasteiger partial charge in [0.05, 0.1) is 0 Å². The largest absolute Gasteiger partial charge is 0.486 e. The summed E-state index contributed by atoms with van der Waals surface area (Å²) in [6.45, 7) is 0.760. The number of carbonyl (C=O) groups excluding carboxylic acids is 1. The first-order valence-corrected chi connectivity index (χ1v) is 7.43. The molecule has 0 saturated carbocycles. The summed E-state index contributed by atoms with van der Waals surface area (Å²) in [5.41, 5.74) is 7.09. The van der Waals surface area contributed by atoms with Crippen molar-refractivity contribution < 1.29 is 19.1 Å². The van der Waals surface area contributed by atoms with Crippen molar-refractivity contribution in [3.63, 3.8) is 0 Å². The van der Waals surface area contributed by atoms with Gasteiger partial charge in [-0.25, -0.2) is 0 Å². The molecule has 0 radical (unpaired) electrons. The Hall–Kier alpha value is -3.22. The Labute approximate surface area is 139 Å². The van der Waals surface area contributed by atoms with Crippen LogP contribution in [0.15, 0.2) is 53.7 Å². The molecule has 0 saturated heterocycles. The fourth-order valence-corrected chi connectivity index (χ4v) is 2.14. The molecule has 2 aromatic carbocycles. The fourth-order valence-electron chi connectivity index (χ4n) is 2.14. The maximum atomic E-state index is 11.9. The Balaban J connectivity index is 1.53. The van der Waals surface area contributed by atoms with Crippen LogP contribution in [-0.4, -0.2) is 31.6 Å². The molecule has 0 bridgehead atoms. The number of fused-ring (bicyclic) bond motifs is 1. The number of amides is 1. The normalized spacial score (nSPS) is 13.2. The molecule has 1 aliphatic heterocycles. The number of hydrogen-bond acceptors (Lipinski definition) is 5. The van der Waals surface area contributed by atoms with Crippen molar-refractivity contribution in [1.29, 1.82) is 0 Å². The van der Waals surface area contributed by atoms with Gasteiger partial charge in [0.25, 0.3) is 5.91 Å². The highest BCUT2D eigenvalue weighted by atomic mass is 16.6. The number of nitrogens with two attached hydrogens (primary N) is 1. The number of rotatable bonds is 5. The minimum absolute atomic E-state index is 0.211. The van der Waals surface area contributed by atoms with E-state index in [2.05, 4.69) is 10.5 Å². The van der Waals surface area contributed by atoms with E-state index in [-0.39, 0.29) is 18.3 Å². The minimum Gasteiger partial charge on any atom is -0.486 e. The average molecular weight is 327 g/mol. The van der Waals surface area contributed by atoms with Crippen molar-refractivity contribution in [2.24, 2.45) is 10.9 Å². The SMILES string of the molecule is N/C(=N/OCC(=O)Nc1ccc2c(c1)OCCO2)c1ccccc1. The molecule has 3 rings (SSSR count). The van der Waals surface area contributed by atoms with E-state index in [0.29, 0.717) is 30.4 Å². The number of carbonyl (C=O) groups is 1. The third-order valence-electron chi connectivity index (χ3n) is 3.25. The summed E-state index contributed by atoms with van der Waals surface area (Å²) in [6.07, 6.45) is 0. The average Bonchev–Trinajstić information content (AvgIpc) is 2.62. The van der Waals surface area contributed by atoms with Gasteiger partial charge in [-0.05, 0) is 12.1 Å². The van der Waals surface area contributed by atoms with Crippen molar-refractivity contribution >= 4 is 17.4 Å². The van der Waals surface area contributed by atoms with Crippen molar-refractivity contribution in [3.05, 3.63) is 54.1 Å². The molecule has 24 heavy (non-hydrogen) atoms. The zero-order valence-electron chi connectivity index (χ0n) is 12.9. The zero-order chi connectivity index (χ0) is 16.8. The van der Waals surface area contributed by atoms with E-state index < -0.39 is 0 Å². The molecule has 1 aliphatic rings. The topological polar surface area (TPSA) is 95.2 Å². The van der Waals surface area contributed by atoms with Crippen LogP contribution in [-0.2, 0) is 9.63 Å². The molecule has 124 valence electrons. The van der Waals surface area contributed by atoms with Gasteiger partial charge in [-0.3, -0.25) is 4.79 Å². The Morgan fingerprint density at radius 2 is 1.88 bits per heavy atom. The third-order valence-corrected chi connectivity index (χ3v) is 3.25. The van der Waals surface area contributed by atoms with Gasteiger partial charge < -0.3 is 25.4 Å². The summed E-state index contributed by atoms with van der Waals surface area (Å²) in [6, 6.07) is 14.3. The summed E-state index contributed by atoms with van der Waals surface area (Å²) in [4.78, 5) is 16.9. The highest BCUT2D eigenvalue weighted by Gasteiger charge is 2.13. The Bertz CT molecular complexity index is 747. The number of benzene rings is 2. The van der Waals surface area contributed by atoms with Crippen molar-refractivity contribution in [1.82, 2.24) is 0 Å². The molecule has 0 aliphatic carbocycles. The first-order chi connectivity index (χ1) is 11.7. The van der Waals surface area contributed by atoms with Crippen LogP contribution >= 0.6 is 0 Å². The molecule has 2 aromatic rings. The summed E-state index contributed by atoms with van der Waals surface area (Å²) in [5, 5.41) is 6.43. The van der Waals surface area contributed by atoms with E-state index in [0.717, 1.165) is 5.56 Å². The second-order valence-corrected chi connectivity index (χ2v) is 5.02. The van der Waals surface area contributed by atoms with Gasteiger partial charge in [-0.15, -0.1) is 0 Å². The van der Waals surface area contributed by atoms with Gasteiger partial charge in [0.15, 0.2) is 23.9 Å². The lowest BCUT2D eigenvalue weighted by atomic mass is 10.2. The number of nitrogens with one attached hydrogen (secondary N) is 1. The Morgan fingerprint density at radius 1 is 1.12 bits per heavy atom. The maximum Gasteiger partial charge on any atom is 0.265 e. The number of amidine groups is 1. The minimum atomic E-state index is -0.351. The lowest BCUT2D eigenvalue weighted by Crippen LogP contribution is -2.20. The molecule has 0 aromatic heterocycles. The van der Waals surface area contributed by atoms with Crippen LogP contribution in [0, 0.1) is 0 Å². The molecule has 1 amide bonds. The molecule has 0 atom stereocenters. The van der Waals surface area contributed by atoms with E-state index in [9.17, 15) is 4.79 Å². The van der Waals surface area contributed by atoms with Crippen LogP contribution in [0.2, 0.25) is 0 Å². The van der Waals surface area contributed by atoms with Crippen LogP contribution in [0.5, 0.6) is 11.5 Å². The molecule has 7 heteroatoms. The molecule has 0 fully saturated rings. The van der Waals surface area contributed by atoms with Gasteiger partial charge in [0.2, 0.25) is 0 Å². The smallest absolute Gasteiger partial charge is 0.265 e. The van der Waals surface area contributed by atoms with Crippen LogP contribution in [0.3, 0.4) is 0 Å². The molecule has 0 unspecified atom stereocenters. The molecule has 7 nitrogen and oxygen atoms in total. The highest BCUT2D eigenvalue weighted by Crippen LogP contribution is 2.32. The van der Waals surface area contributed by atoms with E-state index in [1.54, 1.807) is 30.3 Å². The number of anilines is 1. The summed E-state index contributed by atoms with van der Waals surface area (Å²) in [5.74, 6) is 1.13. The number of oxime groups is 1. The summed E-state index contributed by atoms with van der Waals surface area (Å²) >= 11 is 0. The third kappa shape index (κ3) is 3.95. The van der Waals surface area contributed by atoms with Crippen LogP contribution in [0.4, 0.5) is 5.69 Å². The second-order valence-electron chi connectivity index (χ2n) is 5.02. The quantitative estimate of drug-likeness (QED) is 0.495. The summed E-state index contributed by atoms with van der Waals surface area (Å²) in [7, 11) is 0. The monoisotopic (exact) mass is 327 g/mol. The lowest BCUT2D eigenvalue weighted by molar-refractivity contribution is -0.120. The molecular weight excluding hydrogens is 310 g/mol. The van der Waals surface area contributed by atoms with Gasteiger partial charge in [-0.2, -0.15) is 0 Å². The van der Waals surface area contributed by atoms with Crippen LogP contribution in [0.1, 0.15) is 5.56 Å². The fraction of sp³-hybridized carbons (Fsp3) is 0.176. The lowest BCUT2D eigenvalue weighted by Gasteiger charge is -2.18. The number of hydrogen-bond donors (Lipinski definition) is 2. The first-order valence-electron chi connectivity index (χ1n) is 7.43. The standard InChI is InChI=1S/C17H17N3O4/c18-17(12-4-2-1-3-5-12)20-24-11-16(21)19-13-6-7-14-15(10-13)23-9-8-22-14/h1-7,10H,8-9,11H2,(H2,18,20)(H,19,21). The van der Waals surface area contributed by atoms with Crippen molar-refractivity contribution in [2.75, 3.05) is 25.1 Å². The highest BCUT2D eigenvalue weighted by molar-refractivity contribution is 5.97. The van der Waals surface area contributed by atoms with Crippen LogP contribution in [0.25, 0.3) is 0 Å². The van der Waals surface area contributed by atoms with E-state index in [1.165, 1.54) is 0 Å². The second kappa shape index (κ2) is 7.36. The Morgan fingerprint density at radius 3 is 2.67 bits per heavy atom. The predicted molar refractivity (Wildman–Crippen MR) is 89.2 cm³/mol. The number of nitrogens with zero attached hydrogens (tertiary/aromatic N) is 1. The van der Waals surface area contributed by atoms with Gasteiger partial charge in [0.1, 0.15) is 13.2 Å². The zero-order valence-corrected chi connectivity index (χ0v) is 12.9. The molecular formula is C17H17N3O4. The maximum absolute atomic E-state index is 11.9. The Kier molecular flexibility index (Phi) is 4.81. The molecule has 0 spiro atoms. The van der Waals surface area contributed by atoms with Gasteiger partial charge in [0, 0.05) is 17.3 Å². The van der Waals surface area contributed by atoms with Gasteiger partial charge >= 0.3 is 0 Å². The number of ether oxygens (including phenoxy) is 2. The predicted octanol–water partition coefficient (Wildman–Crippen LogP) is 1.73. The van der Waals surface area contributed by atoms with E-state index in [4.69, 9.17) is 20.0 Å². The molecule has 3 N–H and O–H groups in total. The van der Waals surface area contributed by atoms with Crippen LogP contribution < -0.4 is 20.5 Å². The van der Waals surface area contributed by atoms with Crippen molar-refractivity contribution in [2.45, 2.75) is 0 Å². The van der Waals surface area contributed by atoms with E-state index in [1.807, 2.05) is 18.2 Å².